The van der Waals surface area contributed by atoms with Gasteiger partial charge in [0.1, 0.15) is 0 Å². The Labute approximate surface area is 300 Å². The maximum absolute atomic E-state index is 5.61. The third-order valence-corrected chi connectivity index (χ3v) is 46.4. The summed E-state index contributed by atoms with van der Waals surface area (Å²) in [6, 6.07) is 8.01. The largest absolute Gasteiger partial charge is 0.499 e. The van der Waals surface area contributed by atoms with Gasteiger partial charge in [0.05, 0.1) is 32.3 Å². The van der Waals surface area contributed by atoms with E-state index in [2.05, 4.69) is 81.8 Å². The Morgan fingerprint density at radius 3 is 1.15 bits per heavy atom. The van der Waals surface area contributed by atoms with Crippen molar-refractivity contribution in [2.45, 2.75) is 125 Å². The van der Waals surface area contributed by atoms with Gasteiger partial charge in [0.2, 0.25) is 0 Å². The van der Waals surface area contributed by atoms with Gasteiger partial charge in [0, 0.05) is 56.8 Å². The Morgan fingerprint density at radius 2 is 0.851 bits per heavy atom. The third-order valence-electron chi connectivity index (χ3n) is 11.0. The fourth-order valence-corrected chi connectivity index (χ4v) is 49.0. The first-order valence-corrected chi connectivity index (χ1v) is 36.2. The average Bonchev–Trinajstić information content (AvgIpc) is 3.05. The quantitative estimate of drug-likeness (QED) is 0.174. The molecule has 0 amide bonds. The van der Waals surface area contributed by atoms with Gasteiger partial charge in [0.15, 0.2) is 0 Å². The van der Waals surface area contributed by atoms with Crippen LogP contribution in [0.15, 0.2) is 49.1 Å². The first-order valence-electron chi connectivity index (χ1n) is 17.8. The van der Waals surface area contributed by atoms with Gasteiger partial charge in [-0.2, -0.15) is 0 Å². The molecule has 6 nitrogen and oxygen atoms in total. The maximum Gasteiger partial charge on any atom is 0.499 e. The van der Waals surface area contributed by atoms with Crippen molar-refractivity contribution in [3.63, 3.8) is 0 Å². The first kappa shape index (κ1) is 47.2. The van der Waals surface area contributed by atoms with Crippen LogP contribution in [0.3, 0.4) is 0 Å². The molecule has 2 aliphatic heterocycles. The van der Waals surface area contributed by atoms with E-state index in [0.717, 1.165) is 6.04 Å². The monoisotopic (exact) mass is 776 g/mol. The Hall–Kier alpha value is 0.238. The molecule has 4 atom stereocenters. The highest BCUT2D eigenvalue weighted by atomic mass is 28.4. The van der Waals surface area contributed by atoms with Crippen molar-refractivity contribution in [3.05, 3.63) is 49.1 Å². The van der Waals surface area contributed by atoms with Gasteiger partial charge in [-0.15, -0.1) is 49.1 Å². The smallest absolute Gasteiger partial charge is 0.379 e. The second kappa shape index (κ2) is 22.9. The van der Waals surface area contributed by atoms with Gasteiger partial charge < -0.3 is 26.6 Å². The molecule has 0 spiro atoms. The normalized spacial score (nSPS) is 32.3. The van der Waals surface area contributed by atoms with E-state index in [4.69, 9.17) is 26.6 Å². The summed E-state index contributed by atoms with van der Waals surface area (Å²) < 4.78 is 31.1. The zero-order chi connectivity index (χ0) is 36.3. The molecule has 13 heteroatoms. The predicted molar refractivity (Wildman–Crippen MR) is 225 cm³/mol. The topological polar surface area (TPSA) is 55.4 Å². The summed E-state index contributed by atoms with van der Waals surface area (Å²) in [5, 5.41) is 0. The molecule has 276 valence electrons. The van der Waals surface area contributed by atoms with E-state index < -0.39 is 58.7 Å². The molecule has 4 unspecified atom stereocenters. The van der Waals surface area contributed by atoms with Crippen molar-refractivity contribution < 1.29 is 26.6 Å². The van der Waals surface area contributed by atoms with Crippen molar-refractivity contribution in [2.75, 3.05) is 42.7 Å². The minimum absolute atomic E-state index is 0.973. The molecular weight excluding hydrogens is 701 g/mol. The Balaban J connectivity index is 0.000000753. The van der Waals surface area contributed by atoms with Crippen LogP contribution in [0, 0.1) is 0 Å². The maximum atomic E-state index is 5.61. The average molecular weight is 778 g/mol. The minimum Gasteiger partial charge on any atom is -0.379 e. The van der Waals surface area contributed by atoms with Crippen LogP contribution in [0.4, 0.5) is 0 Å². The third kappa shape index (κ3) is 17.3. The van der Waals surface area contributed by atoms with Gasteiger partial charge in [-0.1, -0.05) is 118 Å². The lowest BCUT2D eigenvalue weighted by molar-refractivity contribution is 0.125. The van der Waals surface area contributed by atoms with Crippen LogP contribution < -0.4 is 0 Å². The lowest BCUT2D eigenvalue weighted by atomic mass is 10.3. The molecule has 47 heavy (non-hydrogen) atoms. The fourth-order valence-electron chi connectivity index (χ4n) is 7.91. The summed E-state index contributed by atoms with van der Waals surface area (Å²) in [5.74, 6) is 0. The van der Waals surface area contributed by atoms with Gasteiger partial charge in [-0.25, -0.2) is 0 Å². The summed E-state index contributed by atoms with van der Waals surface area (Å²) in [7, 11) is -0.458. The number of rotatable bonds is 13. The highest BCUT2D eigenvalue weighted by Gasteiger charge is 2.44. The van der Waals surface area contributed by atoms with Crippen LogP contribution in [0.5, 0.6) is 0 Å². The minimum atomic E-state index is -2.41. The second-order valence-corrected chi connectivity index (χ2v) is 46.0. The van der Waals surface area contributed by atoms with Crippen molar-refractivity contribution in [1.82, 2.24) is 0 Å². The number of hydrogen-bond donors (Lipinski definition) is 0. The molecule has 2 rings (SSSR count). The molecular formula is C34H76O6Si7. The van der Waals surface area contributed by atoms with E-state index in [1.807, 2.05) is 0 Å². The lowest BCUT2D eigenvalue weighted by Gasteiger charge is -2.39. The molecule has 2 saturated heterocycles. The van der Waals surface area contributed by atoms with E-state index in [9.17, 15) is 0 Å². The molecule has 2 aliphatic rings. The van der Waals surface area contributed by atoms with Crippen molar-refractivity contribution in [1.29, 1.82) is 0 Å². The van der Waals surface area contributed by atoms with E-state index in [1.165, 1.54) is 85.7 Å². The molecule has 0 aliphatic carbocycles. The molecule has 0 aromatic rings. The van der Waals surface area contributed by atoms with E-state index in [1.54, 1.807) is 42.7 Å². The number of hydrogen-bond acceptors (Lipinski definition) is 6. The zero-order valence-electron chi connectivity index (χ0n) is 32.8. The van der Waals surface area contributed by atoms with Crippen LogP contribution >= 0.6 is 0 Å². The van der Waals surface area contributed by atoms with Crippen LogP contribution in [0.25, 0.3) is 0 Å². The molecule has 2 heterocycles. The van der Waals surface area contributed by atoms with E-state index >= 15 is 0 Å². The highest BCUT2D eigenvalue weighted by Crippen LogP contribution is 2.38. The summed E-state index contributed by atoms with van der Waals surface area (Å²) in [6.07, 6.45) is 8.47. The second-order valence-electron chi connectivity index (χ2n) is 15.7. The van der Waals surface area contributed by atoms with Crippen molar-refractivity contribution in [2.24, 2.45) is 0 Å². The zero-order valence-corrected chi connectivity index (χ0v) is 39.9. The molecule has 0 aromatic carbocycles. The predicted octanol–water partition coefficient (Wildman–Crippen LogP) is 9.77. The summed E-state index contributed by atoms with van der Waals surface area (Å²) in [6.45, 7) is 29.5. The summed E-state index contributed by atoms with van der Waals surface area (Å²) in [4.78, 5) is 0. The van der Waals surface area contributed by atoms with Gasteiger partial charge in [0.25, 0.3) is 0 Å². The molecule has 0 bridgehead atoms. The van der Waals surface area contributed by atoms with Crippen LogP contribution in [-0.2, 0) is 26.6 Å². The first-order chi connectivity index (χ1) is 22.0. The van der Waals surface area contributed by atoms with Crippen LogP contribution in [0.1, 0.15) is 38.5 Å². The van der Waals surface area contributed by atoms with Gasteiger partial charge in [-0.3, -0.25) is 0 Å². The van der Waals surface area contributed by atoms with Gasteiger partial charge >= 0.3 is 18.3 Å². The Bertz CT molecular complexity index is 882. The summed E-state index contributed by atoms with van der Waals surface area (Å²) >= 11 is 0. The van der Waals surface area contributed by atoms with Crippen LogP contribution in [-0.4, -0.2) is 101 Å². The summed E-state index contributed by atoms with van der Waals surface area (Å²) in [5.41, 5.74) is 13.8. The standard InChI is InChI=1S/C16H32Si3.C15H34O3Si3.C3H10O3Si/c1-7-17(4)13-11-10-12-14-18(5,8-2)16-19(6,9-3)15-17;1-7-19(5)11-9-8-10-12-20(6,15-19)13-14-21(16-2,17-3)18-4;1-4-7(5-2)6-3/h7-9H,1-3,10-16H2,4-6H3;7H,1,8-15H2,2-6H3;7H,1-3H3. The van der Waals surface area contributed by atoms with Crippen molar-refractivity contribution >= 4 is 58.7 Å². The SMILES string of the molecule is C=C[Si]1(C)CCCCC[Si](C)(C=C)C[Si](C)(C=C)C1.C=C[Si]1(C)CCCCC[Si](C)(CC[Si](OC)(OC)OC)C1.CO[SiH](OC)OC. The molecule has 0 radical (unpaired) electrons. The molecule has 2 fully saturated rings. The Kier molecular flexibility index (Phi) is 23.0. The van der Waals surface area contributed by atoms with Crippen LogP contribution in [0.2, 0.25) is 86.0 Å². The Morgan fingerprint density at radius 1 is 0.511 bits per heavy atom. The van der Waals surface area contributed by atoms with Crippen molar-refractivity contribution in [3.8, 4) is 0 Å². The molecule has 0 aromatic heterocycles. The van der Waals surface area contributed by atoms with Gasteiger partial charge in [-0.05, 0) is 0 Å². The molecule has 0 N–H and O–H groups in total. The van der Waals surface area contributed by atoms with E-state index in [-0.39, 0.29) is 0 Å². The fraction of sp³-hybridized carbons (Fsp3) is 0.765. The molecule has 0 saturated carbocycles. The van der Waals surface area contributed by atoms with E-state index in [0.29, 0.717) is 0 Å². The highest BCUT2D eigenvalue weighted by molar-refractivity contribution is 7.07. The lowest BCUT2D eigenvalue weighted by Crippen LogP contribution is -2.48.